The van der Waals surface area contributed by atoms with Crippen molar-refractivity contribution in [3.05, 3.63) is 47.9 Å². The zero-order chi connectivity index (χ0) is 13.0. The van der Waals surface area contributed by atoms with Crippen molar-refractivity contribution in [1.29, 1.82) is 0 Å². The third-order valence-electron chi connectivity index (χ3n) is 2.21. The summed E-state index contributed by atoms with van der Waals surface area (Å²) in [6, 6.07) is 7.36. The quantitative estimate of drug-likeness (QED) is 0.382. The molecule has 0 aliphatic rings. The normalized spacial score (nSPS) is 11.5. The van der Waals surface area contributed by atoms with Gasteiger partial charge in [0.25, 0.3) is 0 Å². The van der Waals surface area contributed by atoms with E-state index in [4.69, 9.17) is 10.9 Å². The molecule has 5 nitrogen and oxygen atoms in total. The smallest absolute Gasteiger partial charge is 0.170 e. The molecule has 92 valence electrons. The molecule has 3 N–H and O–H groups in total. The molecule has 2 heterocycles. The van der Waals surface area contributed by atoms with E-state index >= 15 is 0 Å². The Labute approximate surface area is 109 Å². The SMILES string of the molecule is Cc1cc(/C(N)=N/O)cc(Sc2ccncc2)n1. The molecule has 0 aromatic carbocycles. The highest BCUT2D eigenvalue weighted by atomic mass is 32.2. The Kier molecular flexibility index (Phi) is 3.78. The van der Waals surface area contributed by atoms with Crippen LogP contribution in [0.25, 0.3) is 0 Å². The van der Waals surface area contributed by atoms with Crippen LogP contribution in [0, 0.1) is 6.92 Å². The predicted molar refractivity (Wildman–Crippen MR) is 69.8 cm³/mol. The summed E-state index contributed by atoms with van der Waals surface area (Å²) in [7, 11) is 0. The van der Waals surface area contributed by atoms with Gasteiger partial charge in [-0.25, -0.2) is 4.98 Å². The van der Waals surface area contributed by atoms with E-state index in [2.05, 4.69) is 15.1 Å². The van der Waals surface area contributed by atoms with E-state index in [1.165, 1.54) is 11.8 Å². The van der Waals surface area contributed by atoms with Gasteiger partial charge in [-0.15, -0.1) is 0 Å². The highest BCUT2D eigenvalue weighted by molar-refractivity contribution is 7.99. The number of nitrogens with zero attached hydrogens (tertiary/aromatic N) is 3. The van der Waals surface area contributed by atoms with Crippen molar-refractivity contribution in [3.8, 4) is 0 Å². The minimum atomic E-state index is 0.0806. The zero-order valence-electron chi connectivity index (χ0n) is 9.74. The number of nitrogens with two attached hydrogens (primary N) is 1. The van der Waals surface area contributed by atoms with Crippen LogP contribution in [0.3, 0.4) is 0 Å². The maximum Gasteiger partial charge on any atom is 0.170 e. The van der Waals surface area contributed by atoms with Crippen molar-refractivity contribution in [2.75, 3.05) is 0 Å². The van der Waals surface area contributed by atoms with Crippen molar-refractivity contribution >= 4 is 17.6 Å². The van der Waals surface area contributed by atoms with Crippen molar-refractivity contribution in [2.45, 2.75) is 16.8 Å². The van der Waals surface area contributed by atoms with Crippen molar-refractivity contribution in [3.63, 3.8) is 0 Å². The molecular weight excluding hydrogens is 248 g/mol. The van der Waals surface area contributed by atoms with Gasteiger partial charge in [-0.05, 0) is 31.2 Å². The molecule has 0 saturated carbocycles. The fourth-order valence-electron chi connectivity index (χ4n) is 1.42. The first-order valence-electron chi connectivity index (χ1n) is 5.23. The molecule has 0 saturated heterocycles. The van der Waals surface area contributed by atoms with Crippen molar-refractivity contribution in [2.24, 2.45) is 10.9 Å². The summed E-state index contributed by atoms with van der Waals surface area (Å²) >= 11 is 1.50. The van der Waals surface area contributed by atoms with Crippen molar-refractivity contribution in [1.82, 2.24) is 9.97 Å². The van der Waals surface area contributed by atoms with Crippen LogP contribution in [0.5, 0.6) is 0 Å². The molecule has 6 heteroatoms. The fraction of sp³-hybridized carbons (Fsp3) is 0.0833. The summed E-state index contributed by atoms with van der Waals surface area (Å²) < 4.78 is 0. The first-order chi connectivity index (χ1) is 8.69. The molecule has 0 atom stereocenters. The summed E-state index contributed by atoms with van der Waals surface area (Å²) in [6.45, 7) is 1.87. The van der Waals surface area contributed by atoms with Crippen LogP contribution in [0.4, 0.5) is 0 Å². The van der Waals surface area contributed by atoms with E-state index in [1.807, 2.05) is 19.1 Å². The predicted octanol–water partition coefficient (Wildman–Crippen LogP) is 2.03. The second-order valence-electron chi connectivity index (χ2n) is 3.61. The molecule has 0 spiro atoms. The zero-order valence-corrected chi connectivity index (χ0v) is 10.6. The minimum absolute atomic E-state index is 0.0806. The minimum Gasteiger partial charge on any atom is -0.409 e. The lowest BCUT2D eigenvalue weighted by Crippen LogP contribution is -2.13. The molecule has 0 aliphatic carbocycles. The van der Waals surface area contributed by atoms with Gasteiger partial charge in [0.1, 0.15) is 5.03 Å². The molecule has 2 rings (SSSR count). The van der Waals surface area contributed by atoms with E-state index < -0.39 is 0 Å². The molecule has 18 heavy (non-hydrogen) atoms. The monoisotopic (exact) mass is 260 g/mol. The Morgan fingerprint density at radius 2 is 2.06 bits per heavy atom. The summed E-state index contributed by atoms with van der Waals surface area (Å²) in [4.78, 5) is 9.39. The van der Waals surface area contributed by atoms with E-state index in [0.717, 1.165) is 15.6 Å². The summed E-state index contributed by atoms with van der Waals surface area (Å²) in [5, 5.41) is 12.5. The lowest BCUT2D eigenvalue weighted by Gasteiger charge is -2.05. The number of oxime groups is 1. The lowest BCUT2D eigenvalue weighted by molar-refractivity contribution is 0.318. The first kappa shape index (κ1) is 12.4. The Hall–Kier alpha value is -2.08. The van der Waals surface area contributed by atoms with Gasteiger partial charge in [-0.1, -0.05) is 16.9 Å². The topological polar surface area (TPSA) is 84.4 Å². The summed E-state index contributed by atoms with van der Waals surface area (Å²) in [5.41, 5.74) is 7.05. The standard InChI is InChI=1S/C12H12N4OS/c1-8-6-9(12(13)16-17)7-11(15-8)18-10-2-4-14-5-3-10/h2-7,17H,1H3,(H2,13,16). The maximum atomic E-state index is 8.69. The average molecular weight is 260 g/mol. The lowest BCUT2D eigenvalue weighted by atomic mass is 10.2. The second kappa shape index (κ2) is 5.50. The Balaban J connectivity index is 2.31. The molecule has 0 bridgehead atoms. The highest BCUT2D eigenvalue weighted by Crippen LogP contribution is 2.26. The number of aromatic nitrogens is 2. The average Bonchev–Trinajstić information content (AvgIpc) is 2.38. The van der Waals surface area contributed by atoms with Gasteiger partial charge < -0.3 is 10.9 Å². The molecule has 0 fully saturated rings. The number of pyridine rings is 2. The number of hydrogen-bond donors (Lipinski definition) is 2. The molecule has 2 aromatic rings. The highest BCUT2D eigenvalue weighted by Gasteiger charge is 2.05. The fourth-order valence-corrected chi connectivity index (χ4v) is 2.30. The van der Waals surface area contributed by atoms with Crippen LogP contribution in [0.15, 0.2) is 51.7 Å². The van der Waals surface area contributed by atoms with Gasteiger partial charge in [-0.2, -0.15) is 0 Å². The second-order valence-corrected chi connectivity index (χ2v) is 4.70. The van der Waals surface area contributed by atoms with Crippen LogP contribution in [0.1, 0.15) is 11.3 Å². The first-order valence-corrected chi connectivity index (χ1v) is 6.05. The van der Waals surface area contributed by atoms with Crippen LogP contribution in [-0.4, -0.2) is 21.0 Å². The molecule has 0 radical (unpaired) electrons. The number of aryl methyl sites for hydroxylation is 1. The summed E-state index contributed by atoms with van der Waals surface area (Å²) in [6.07, 6.45) is 3.45. The third-order valence-corrected chi connectivity index (χ3v) is 3.13. The molecule has 0 unspecified atom stereocenters. The molecule has 0 aliphatic heterocycles. The van der Waals surface area contributed by atoms with Gasteiger partial charge in [0.2, 0.25) is 0 Å². The number of hydrogen-bond acceptors (Lipinski definition) is 5. The van der Waals surface area contributed by atoms with Crippen LogP contribution >= 0.6 is 11.8 Å². The van der Waals surface area contributed by atoms with E-state index in [9.17, 15) is 0 Å². The largest absolute Gasteiger partial charge is 0.409 e. The van der Waals surface area contributed by atoms with E-state index in [-0.39, 0.29) is 5.84 Å². The Bertz CT molecular complexity index is 572. The van der Waals surface area contributed by atoms with Gasteiger partial charge in [0, 0.05) is 28.5 Å². The number of amidine groups is 1. The van der Waals surface area contributed by atoms with Gasteiger partial charge in [0.15, 0.2) is 5.84 Å². The van der Waals surface area contributed by atoms with Crippen molar-refractivity contribution < 1.29 is 5.21 Å². The van der Waals surface area contributed by atoms with E-state index in [0.29, 0.717) is 5.56 Å². The molecule has 0 amide bonds. The van der Waals surface area contributed by atoms with Crippen LogP contribution < -0.4 is 5.73 Å². The van der Waals surface area contributed by atoms with Crippen LogP contribution in [-0.2, 0) is 0 Å². The molecular formula is C12H12N4OS. The summed E-state index contributed by atoms with van der Waals surface area (Å²) in [5.74, 6) is 0.0806. The Morgan fingerprint density at radius 1 is 1.33 bits per heavy atom. The number of rotatable bonds is 3. The van der Waals surface area contributed by atoms with Gasteiger partial charge >= 0.3 is 0 Å². The van der Waals surface area contributed by atoms with E-state index in [1.54, 1.807) is 24.5 Å². The maximum absolute atomic E-state index is 8.69. The van der Waals surface area contributed by atoms with Gasteiger partial charge in [-0.3, -0.25) is 4.98 Å². The van der Waals surface area contributed by atoms with Gasteiger partial charge in [0.05, 0.1) is 0 Å². The third kappa shape index (κ3) is 2.98. The molecule has 2 aromatic heterocycles. The Morgan fingerprint density at radius 3 is 2.72 bits per heavy atom. The van der Waals surface area contributed by atoms with Crippen LogP contribution in [0.2, 0.25) is 0 Å².